The number of nitriles is 1. The highest BCUT2D eigenvalue weighted by atomic mass is 16.5. The first-order chi connectivity index (χ1) is 12.0. The van der Waals surface area contributed by atoms with E-state index in [1.807, 2.05) is 18.4 Å². The van der Waals surface area contributed by atoms with Crippen LogP contribution in [-0.2, 0) is 11.3 Å². The average molecular weight is 342 g/mol. The summed E-state index contributed by atoms with van der Waals surface area (Å²) in [6.07, 6.45) is 2.47. The number of nitrogens with zero attached hydrogens (tertiary/aromatic N) is 4. The molecule has 0 unspecified atom stereocenters. The summed E-state index contributed by atoms with van der Waals surface area (Å²) in [4.78, 5) is 12.2. The summed E-state index contributed by atoms with van der Waals surface area (Å²) < 4.78 is 6.93. The molecule has 0 aliphatic rings. The van der Waals surface area contributed by atoms with Crippen LogP contribution < -0.4 is 10.6 Å². The Morgan fingerprint density at radius 2 is 2.28 bits per heavy atom. The first-order valence-electron chi connectivity index (χ1n) is 8.00. The molecule has 1 aromatic heterocycles. The van der Waals surface area contributed by atoms with E-state index in [9.17, 15) is 4.79 Å². The van der Waals surface area contributed by atoms with Gasteiger partial charge in [-0.1, -0.05) is 6.07 Å². The summed E-state index contributed by atoms with van der Waals surface area (Å²) in [5, 5.41) is 22.6. The fraction of sp³-hybridized carbons (Fsp3) is 0.412. The molecule has 0 aliphatic carbocycles. The lowest BCUT2D eigenvalue weighted by atomic mass is 10.1. The Balaban J connectivity index is 1.96. The molecule has 2 rings (SSSR count). The molecule has 1 atom stereocenters. The summed E-state index contributed by atoms with van der Waals surface area (Å²) in [5.74, 6) is 0.674. The van der Waals surface area contributed by atoms with Crippen LogP contribution in [0.3, 0.4) is 0 Å². The summed E-state index contributed by atoms with van der Waals surface area (Å²) in [6, 6.07) is 6.62. The third kappa shape index (κ3) is 5.02. The third-order valence-electron chi connectivity index (χ3n) is 3.74. The van der Waals surface area contributed by atoms with Gasteiger partial charge in [0.25, 0.3) is 0 Å². The van der Waals surface area contributed by atoms with E-state index in [2.05, 4.69) is 26.9 Å². The number of anilines is 1. The zero-order chi connectivity index (χ0) is 18.2. The molecule has 0 saturated heterocycles. The normalized spacial score (nSPS) is 11.6. The monoisotopic (exact) mass is 342 g/mol. The maximum absolute atomic E-state index is 12.2. The Kier molecular flexibility index (Phi) is 6.48. The van der Waals surface area contributed by atoms with Gasteiger partial charge in [-0.05, 0) is 38.0 Å². The van der Waals surface area contributed by atoms with E-state index in [4.69, 9.17) is 10.00 Å². The predicted octanol–water partition coefficient (Wildman–Crippen LogP) is 2.38. The Hall–Kier alpha value is -2.92. The number of hydrogen-bond donors (Lipinski definition) is 2. The second-order valence-electron chi connectivity index (χ2n) is 5.69. The maximum Gasteiger partial charge on any atom is 0.319 e. The van der Waals surface area contributed by atoms with Gasteiger partial charge in [0.1, 0.15) is 6.33 Å². The molecule has 0 bridgehead atoms. The maximum atomic E-state index is 12.2. The lowest BCUT2D eigenvalue weighted by molar-refractivity contribution is 0.189. The Bertz CT molecular complexity index is 765. The van der Waals surface area contributed by atoms with E-state index in [0.29, 0.717) is 30.2 Å². The average Bonchev–Trinajstić information content (AvgIpc) is 3.05. The van der Waals surface area contributed by atoms with Crippen LogP contribution in [0.1, 0.15) is 36.3 Å². The fourth-order valence-corrected chi connectivity index (χ4v) is 2.40. The minimum absolute atomic E-state index is 0.314. The van der Waals surface area contributed by atoms with Crippen molar-refractivity contribution in [3.8, 4) is 6.07 Å². The van der Waals surface area contributed by atoms with E-state index < -0.39 is 0 Å². The van der Waals surface area contributed by atoms with Crippen molar-refractivity contribution >= 4 is 11.7 Å². The molecule has 0 aliphatic heterocycles. The first kappa shape index (κ1) is 18.4. The van der Waals surface area contributed by atoms with Crippen LogP contribution in [0.25, 0.3) is 0 Å². The number of amides is 2. The number of hydrogen-bond acceptors (Lipinski definition) is 5. The van der Waals surface area contributed by atoms with Crippen molar-refractivity contribution in [1.82, 2.24) is 20.1 Å². The van der Waals surface area contributed by atoms with E-state index >= 15 is 0 Å². The van der Waals surface area contributed by atoms with Crippen molar-refractivity contribution in [1.29, 1.82) is 5.26 Å². The van der Waals surface area contributed by atoms with Crippen LogP contribution in [-0.4, -0.2) is 34.5 Å². The number of carbonyl (C=O) groups excluding carboxylic acids is 1. The molecule has 25 heavy (non-hydrogen) atoms. The minimum Gasteiger partial charge on any atom is -0.385 e. The second-order valence-corrected chi connectivity index (χ2v) is 5.69. The van der Waals surface area contributed by atoms with Crippen LogP contribution in [0.2, 0.25) is 0 Å². The highest BCUT2D eigenvalue weighted by Gasteiger charge is 2.16. The molecule has 1 heterocycles. The van der Waals surface area contributed by atoms with Gasteiger partial charge < -0.3 is 19.9 Å². The van der Waals surface area contributed by atoms with Gasteiger partial charge in [0.05, 0.1) is 17.7 Å². The van der Waals surface area contributed by atoms with Crippen LogP contribution >= 0.6 is 0 Å². The smallest absolute Gasteiger partial charge is 0.319 e. The number of ether oxygens (including phenoxy) is 1. The Morgan fingerprint density at radius 1 is 1.48 bits per heavy atom. The van der Waals surface area contributed by atoms with Crippen molar-refractivity contribution in [3.05, 3.63) is 41.5 Å². The van der Waals surface area contributed by atoms with Gasteiger partial charge in [0.2, 0.25) is 0 Å². The quantitative estimate of drug-likeness (QED) is 0.752. The summed E-state index contributed by atoms with van der Waals surface area (Å²) in [5.41, 5.74) is 1.96. The fourth-order valence-electron chi connectivity index (χ4n) is 2.40. The first-order valence-corrected chi connectivity index (χ1v) is 8.00. The van der Waals surface area contributed by atoms with Crippen LogP contribution in [0.4, 0.5) is 10.5 Å². The molecule has 0 spiro atoms. The number of aryl methyl sites for hydroxylation is 2. The number of urea groups is 1. The summed E-state index contributed by atoms with van der Waals surface area (Å²) in [7, 11) is 1.66. The molecule has 132 valence electrons. The highest BCUT2D eigenvalue weighted by molar-refractivity contribution is 5.89. The van der Waals surface area contributed by atoms with Gasteiger partial charge >= 0.3 is 6.03 Å². The zero-order valence-corrected chi connectivity index (χ0v) is 14.6. The molecule has 1 aromatic carbocycles. The van der Waals surface area contributed by atoms with Gasteiger partial charge in [-0.25, -0.2) is 4.79 Å². The standard InChI is InChI=1S/C17H22N6O2/c1-12-5-6-15(9-14(12)10-18)21-17(24)20-13(2)16-22-19-11-23(16)7-4-8-25-3/h5-6,9,11,13H,4,7-8H2,1-3H3,(H2,20,21,24)/t13-/m1/s1. The SMILES string of the molecule is COCCCn1cnnc1[C@@H](C)NC(=O)Nc1ccc(C)c(C#N)c1. The van der Waals surface area contributed by atoms with Gasteiger partial charge in [0.15, 0.2) is 5.82 Å². The number of carbonyl (C=O) groups is 1. The van der Waals surface area contributed by atoms with E-state index in [1.54, 1.807) is 31.6 Å². The van der Waals surface area contributed by atoms with Crippen molar-refractivity contribution in [3.63, 3.8) is 0 Å². The predicted molar refractivity (Wildman–Crippen MR) is 93.0 cm³/mol. The lowest BCUT2D eigenvalue weighted by Crippen LogP contribution is -2.32. The van der Waals surface area contributed by atoms with Gasteiger partial charge in [-0.15, -0.1) is 10.2 Å². The van der Waals surface area contributed by atoms with Crippen molar-refractivity contribution in [2.24, 2.45) is 0 Å². The molecule has 2 aromatic rings. The van der Waals surface area contributed by atoms with Gasteiger partial charge in [0, 0.05) is 25.9 Å². The van der Waals surface area contributed by atoms with Crippen LogP contribution in [0.15, 0.2) is 24.5 Å². The second kappa shape index (κ2) is 8.80. The van der Waals surface area contributed by atoms with Gasteiger partial charge in [-0.3, -0.25) is 0 Å². The number of aromatic nitrogens is 3. The molecule has 0 saturated carbocycles. The third-order valence-corrected chi connectivity index (χ3v) is 3.74. The molecule has 2 N–H and O–H groups in total. The number of methoxy groups -OCH3 is 1. The van der Waals surface area contributed by atoms with E-state index in [0.717, 1.165) is 12.0 Å². The molecular weight excluding hydrogens is 320 g/mol. The minimum atomic E-state index is -0.369. The van der Waals surface area contributed by atoms with Crippen molar-refractivity contribution < 1.29 is 9.53 Å². The Labute approximate surface area is 146 Å². The van der Waals surface area contributed by atoms with Crippen molar-refractivity contribution in [2.45, 2.75) is 32.9 Å². The molecule has 2 amide bonds. The molecule has 0 fully saturated rings. The summed E-state index contributed by atoms with van der Waals surface area (Å²) >= 11 is 0. The van der Waals surface area contributed by atoms with Crippen LogP contribution in [0, 0.1) is 18.3 Å². The number of benzene rings is 1. The molecule has 8 nitrogen and oxygen atoms in total. The molecule has 8 heteroatoms. The lowest BCUT2D eigenvalue weighted by Gasteiger charge is -2.15. The number of nitrogens with one attached hydrogen (secondary N) is 2. The highest BCUT2D eigenvalue weighted by Crippen LogP contribution is 2.15. The van der Waals surface area contributed by atoms with Crippen molar-refractivity contribution in [2.75, 3.05) is 19.0 Å². The van der Waals surface area contributed by atoms with Crippen LogP contribution in [0.5, 0.6) is 0 Å². The zero-order valence-electron chi connectivity index (χ0n) is 14.6. The molecular formula is C17H22N6O2. The Morgan fingerprint density at radius 3 is 3.00 bits per heavy atom. The number of rotatable bonds is 7. The molecule has 0 radical (unpaired) electrons. The largest absolute Gasteiger partial charge is 0.385 e. The van der Waals surface area contributed by atoms with E-state index in [-0.39, 0.29) is 12.1 Å². The van der Waals surface area contributed by atoms with E-state index in [1.165, 1.54) is 0 Å². The summed E-state index contributed by atoms with van der Waals surface area (Å²) in [6.45, 7) is 5.05. The topological polar surface area (TPSA) is 105 Å². The van der Waals surface area contributed by atoms with Gasteiger partial charge in [-0.2, -0.15) is 5.26 Å².